The molecule has 0 bridgehead atoms. The second-order valence-electron chi connectivity index (χ2n) is 14.0. The molecule has 9 rings (SSSR count). The van der Waals surface area contributed by atoms with Gasteiger partial charge >= 0.3 is 0 Å². The van der Waals surface area contributed by atoms with E-state index in [0.717, 1.165) is 77.3 Å². The summed E-state index contributed by atoms with van der Waals surface area (Å²) in [6, 6.07) is 39.5. The lowest BCUT2D eigenvalue weighted by Crippen LogP contribution is -2.07. The average Bonchev–Trinajstić information content (AvgIpc) is 3.72. The van der Waals surface area contributed by atoms with Crippen molar-refractivity contribution in [3.8, 4) is 28.8 Å². The zero-order chi connectivity index (χ0) is 39.4. The fraction of sp³-hybridized carbons (Fsp3) is 0.106. The van der Waals surface area contributed by atoms with Crippen LogP contribution in [0.25, 0.3) is 83.4 Å². The van der Waals surface area contributed by atoms with Gasteiger partial charge in [0, 0.05) is 49.5 Å². The Balaban J connectivity index is 1.41. The molecule has 0 saturated heterocycles. The summed E-state index contributed by atoms with van der Waals surface area (Å²) in [5.74, 6) is 3.82. The number of aryl methyl sites for hydroxylation is 4. The second-order valence-corrected chi connectivity index (χ2v) is 14.0. The first kappa shape index (κ1) is 35.1. The number of aliphatic imine (C=N–C) groups is 1. The van der Waals surface area contributed by atoms with Crippen molar-refractivity contribution in [1.29, 1.82) is 5.26 Å². The van der Waals surface area contributed by atoms with E-state index in [0.29, 0.717) is 40.5 Å². The van der Waals surface area contributed by atoms with Crippen molar-refractivity contribution in [2.24, 2.45) is 4.99 Å². The van der Waals surface area contributed by atoms with Gasteiger partial charge in [-0.1, -0.05) is 78.9 Å². The minimum atomic E-state index is 0.525. The molecule has 0 aliphatic carbocycles. The van der Waals surface area contributed by atoms with Crippen LogP contribution in [0.15, 0.2) is 120 Å². The summed E-state index contributed by atoms with van der Waals surface area (Å²) in [5, 5.41) is 14.9. The van der Waals surface area contributed by atoms with Crippen molar-refractivity contribution >= 4 is 67.3 Å². The molecule has 0 aliphatic rings. The van der Waals surface area contributed by atoms with E-state index in [4.69, 9.17) is 19.9 Å². The molecule has 0 spiro atoms. The van der Waals surface area contributed by atoms with Crippen LogP contribution in [0.2, 0.25) is 0 Å². The third-order valence-electron chi connectivity index (χ3n) is 10.3. The van der Waals surface area contributed by atoms with Crippen molar-refractivity contribution in [2.75, 3.05) is 0 Å². The molecule has 0 radical (unpaired) electrons. The Morgan fingerprint density at radius 2 is 1.04 bits per heavy atom. The highest BCUT2D eigenvalue weighted by atomic mass is 15.1. The number of allylic oxidation sites excluding steroid dienone is 3. The van der Waals surface area contributed by atoms with Crippen LogP contribution in [0.1, 0.15) is 41.3 Å². The summed E-state index contributed by atoms with van der Waals surface area (Å²) in [6.45, 7) is 13.6. The molecular weight excluding hydrogens is 705 g/mol. The van der Waals surface area contributed by atoms with E-state index in [1.165, 1.54) is 0 Å². The van der Waals surface area contributed by atoms with Gasteiger partial charge < -0.3 is 9.13 Å². The van der Waals surface area contributed by atoms with Crippen molar-refractivity contribution in [3.05, 3.63) is 150 Å². The molecule has 0 atom stereocenters. The van der Waals surface area contributed by atoms with Gasteiger partial charge in [-0.15, -0.1) is 0 Å². The van der Waals surface area contributed by atoms with Gasteiger partial charge in [-0.25, -0.2) is 29.9 Å². The molecular formula is C47H36N10. The normalized spacial score (nSPS) is 12.4. The number of nitriles is 1. The third-order valence-corrected chi connectivity index (χ3v) is 10.3. The number of nitrogens with zero attached hydrogens (tertiary/aromatic N) is 10. The summed E-state index contributed by atoms with van der Waals surface area (Å²) in [5.41, 5.74) is 9.28. The van der Waals surface area contributed by atoms with Crippen molar-refractivity contribution in [1.82, 2.24) is 39.0 Å². The molecule has 10 nitrogen and oxygen atoms in total. The molecule has 0 aliphatic heterocycles. The van der Waals surface area contributed by atoms with Crippen LogP contribution in [-0.4, -0.2) is 45.8 Å². The number of para-hydroxylation sites is 2. The zero-order valence-corrected chi connectivity index (χ0v) is 32.1. The lowest BCUT2D eigenvalue weighted by Gasteiger charge is -2.22. The number of aromatic nitrogens is 8. The van der Waals surface area contributed by atoms with Gasteiger partial charge in [-0.05, 0) is 71.7 Å². The Morgan fingerprint density at radius 3 is 1.56 bits per heavy atom. The highest BCUT2D eigenvalue weighted by molar-refractivity contribution is 6.19. The van der Waals surface area contributed by atoms with Crippen LogP contribution >= 0.6 is 0 Å². The van der Waals surface area contributed by atoms with Crippen LogP contribution in [0, 0.1) is 39.0 Å². The summed E-state index contributed by atoms with van der Waals surface area (Å²) in [6.07, 6.45) is 1.79. The second kappa shape index (κ2) is 13.9. The minimum Gasteiger partial charge on any atom is -0.313 e. The summed E-state index contributed by atoms with van der Waals surface area (Å²) in [7, 11) is 0. The molecule has 274 valence electrons. The predicted molar refractivity (Wildman–Crippen MR) is 229 cm³/mol. The maximum Gasteiger partial charge on any atom is 0.163 e. The number of hydrogen-bond acceptors (Lipinski definition) is 8. The fourth-order valence-electron chi connectivity index (χ4n) is 8.08. The molecule has 57 heavy (non-hydrogen) atoms. The molecule has 10 heteroatoms. The van der Waals surface area contributed by atoms with E-state index < -0.39 is 0 Å². The van der Waals surface area contributed by atoms with Crippen LogP contribution in [0.5, 0.6) is 0 Å². The van der Waals surface area contributed by atoms with E-state index in [2.05, 4.69) is 117 Å². The molecule has 0 amide bonds. The fourth-order valence-corrected chi connectivity index (χ4v) is 8.08. The molecule has 4 heterocycles. The van der Waals surface area contributed by atoms with E-state index in [9.17, 15) is 5.26 Å². The first-order chi connectivity index (χ1) is 27.7. The number of rotatable bonds is 7. The summed E-state index contributed by atoms with van der Waals surface area (Å²) in [4.78, 5) is 32.1. The van der Waals surface area contributed by atoms with Crippen LogP contribution < -0.4 is 0 Å². The average molecular weight is 741 g/mol. The topological polar surface area (TPSA) is 123 Å². The van der Waals surface area contributed by atoms with Gasteiger partial charge in [0.2, 0.25) is 0 Å². The first-order valence-electron chi connectivity index (χ1n) is 18.6. The number of hydrogen-bond donors (Lipinski definition) is 0. The van der Waals surface area contributed by atoms with Crippen LogP contribution in [0.3, 0.4) is 0 Å². The Bertz CT molecular complexity index is 3190. The molecule has 0 saturated carbocycles. The lowest BCUT2D eigenvalue weighted by molar-refractivity contribution is 0.928. The van der Waals surface area contributed by atoms with Crippen LogP contribution in [0.4, 0.5) is 0 Å². The molecule has 9 aromatic rings. The largest absolute Gasteiger partial charge is 0.313 e. The highest BCUT2D eigenvalue weighted by Gasteiger charge is 2.25. The zero-order valence-electron chi connectivity index (χ0n) is 32.1. The molecule has 4 aromatic heterocycles. The van der Waals surface area contributed by atoms with Gasteiger partial charge in [0.1, 0.15) is 23.3 Å². The Kier molecular flexibility index (Phi) is 8.55. The van der Waals surface area contributed by atoms with Gasteiger partial charge in [-0.3, -0.25) is 4.99 Å². The summed E-state index contributed by atoms with van der Waals surface area (Å²) >= 11 is 0. The quantitative estimate of drug-likeness (QED) is 0.118. The van der Waals surface area contributed by atoms with E-state index in [-0.39, 0.29) is 0 Å². The number of benzene rings is 5. The third kappa shape index (κ3) is 5.93. The van der Waals surface area contributed by atoms with Gasteiger partial charge in [0.15, 0.2) is 11.6 Å². The van der Waals surface area contributed by atoms with Gasteiger partial charge in [0.25, 0.3) is 0 Å². The molecule has 0 unspecified atom stereocenters. The van der Waals surface area contributed by atoms with E-state index in [1.807, 2.05) is 64.1 Å². The maximum absolute atomic E-state index is 10.6. The maximum atomic E-state index is 10.6. The molecule has 0 N–H and O–H groups in total. The number of fused-ring (bicyclic) bond motifs is 6. The Labute approximate surface area is 328 Å². The smallest absolute Gasteiger partial charge is 0.163 e. The Hall–Kier alpha value is -7.64. The standard InChI is InChI=1S/C47H36N10/c1-27(56-40-17-11-9-15-36(40)38-21-19-32(23-42(38)56)46-52-28(2)50-29(3)53-46)45(35-14-8-7-13-34(35)25-48)44(26-49-6)57-41-18-12-10-16-37(41)39-22-20-33(24-43(39)57)47-54-30(4)51-31(5)55-47/h7-24,26H,6H2,1-5H3/b44-26+,45-27+. The molecule has 5 aromatic carbocycles. The van der Waals surface area contributed by atoms with Gasteiger partial charge in [-0.2, -0.15) is 5.26 Å². The van der Waals surface area contributed by atoms with Crippen molar-refractivity contribution in [2.45, 2.75) is 34.6 Å². The minimum absolute atomic E-state index is 0.525. The van der Waals surface area contributed by atoms with E-state index in [1.54, 1.807) is 6.20 Å². The first-order valence-corrected chi connectivity index (χ1v) is 18.6. The van der Waals surface area contributed by atoms with Gasteiger partial charge in [0.05, 0.1) is 45.6 Å². The van der Waals surface area contributed by atoms with Crippen molar-refractivity contribution < 1.29 is 0 Å². The highest BCUT2D eigenvalue weighted by Crippen LogP contribution is 2.43. The predicted octanol–water partition coefficient (Wildman–Crippen LogP) is 10.3. The Morgan fingerprint density at radius 1 is 0.579 bits per heavy atom. The molecule has 0 fully saturated rings. The summed E-state index contributed by atoms with van der Waals surface area (Å²) < 4.78 is 4.48. The van der Waals surface area contributed by atoms with Crippen molar-refractivity contribution in [3.63, 3.8) is 0 Å². The monoisotopic (exact) mass is 740 g/mol. The SMILES string of the molecule is C=N/C=C(\C(=C(/C)n1c2ccccc2c2ccc(-c3nc(C)nc(C)n3)cc21)c1ccccc1C#N)n1c2ccccc2c2ccc(-c3nc(C)nc(C)n3)cc21. The van der Waals surface area contributed by atoms with E-state index >= 15 is 0 Å². The van der Waals surface area contributed by atoms with Crippen LogP contribution in [-0.2, 0) is 0 Å². The lowest BCUT2D eigenvalue weighted by atomic mass is 9.95.